The van der Waals surface area contributed by atoms with Crippen LogP contribution in [0.15, 0.2) is 84.3 Å². The van der Waals surface area contributed by atoms with Crippen LogP contribution < -0.4 is 21.3 Å². The standard InChI is InChI=1S/C33H40N4O11S/c1-21(2)28(31(43)34-24(18-26(38)39)16-10-11-17-49(3,46)47)36-32(44)29(23-14-8-5-9-15-23)37-30(42)25(19-27(40)41)35-33(45)48-20-22-12-6-4-7-13-22/h4-17,21,24-25,28-29H,18-20H2,1-3H3,(H,34,43)(H,35,45)(H,36,44)(H,37,42)(H,38,39)(H,40,41)/b16-10+,17-11+/t24-,25+,28?,29+/m1/s1. The van der Waals surface area contributed by atoms with Crippen LogP contribution in [0.5, 0.6) is 0 Å². The van der Waals surface area contributed by atoms with E-state index in [0.717, 1.165) is 11.7 Å². The molecule has 0 spiro atoms. The van der Waals surface area contributed by atoms with Gasteiger partial charge in [0, 0.05) is 11.7 Å². The van der Waals surface area contributed by atoms with Crippen molar-refractivity contribution in [2.75, 3.05) is 6.26 Å². The summed E-state index contributed by atoms with van der Waals surface area (Å²) in [5, 5.41) is 29.4. The summed E-state index contributed by atoms with van der Waals surface area (Å²) in [5.74, 6) is -5.88. The number of rotatable bonds is 18. The van der Waals surface area contributed by atoms with Crippen LogP contribution in [-0.4, -0.2) is 78.8 Å². The van der Waals surface area contributed by atoms with Gasteiger partial charge in [-0.25, -0.2) is 13.2 Å². The summed E-state index contributed by atoms with van der Waals surface area (Å²) in [6.45, 7) is 3.08. The minimum absolute atomic E-state index is 0.151. The van der Waals surface area contributed by atoms with Crippen LogP contribution >= 0.6 is 0 Å². The smallest absolute Gasteiger partial charge is 0.408 e. The number of hydrogen-bond donors (Lipinski definition) is 6. The molecule has 0 radical (unpaired) electrons. The van der Waals surface area contributed by atoms with Crippen molar-refractivity contribution < 1.29 is 52.1 Å². The van der Waals surface area contributed by atoms with E-state index in [1.54, 1.807) is 62.4 Å². The molecule has 0 aromatic heterocycles. The van der Waals surface area contributed by atoms with Gasteiger partial charge in [0.1, 0.15) is 24.7 Å². The topological polar surface area (TPSA) is 234 Å². The number of sulfone groups is 1. The number of benzene rings is 2. The van der Waals surface area contributed by atoms with Crippen molar-refractivity contribution in [2.45, 2.75) is 57.5 Å². The molecule has 4 atom stereocenters. The van der Waals surface area contributed by atoms with E-state index in [0.29, 0.717) is 5.56 Å². The molecule has 0 aliphatic carbocycles. The van der Waals surface area contributed by atoms with E-state index in [1.165, 1.54) is 30.4 Å². The Morgan fingerprint density at radius 1 is 0.755 bits per heavy atom. The number of aliphatic carboxylic acids is 2. The molecule has 0 aliphatic rings. The molecule has 4 amide bonds. The highest BCUT2D eigenvalue weighted by atomic mass is 32.2. The van der Waals surface area contributed by atoms with E-state index in [4.69, 9.17) is 4.74 Å². The van der Waals surface area contributed by atoms with Gasteiger partial charge in [0.05, 0.1) is 18.9 Å². The number of allylic oxidation sites excluding steroid dienone is 2. The molecule has 0 aliphatic heterocycles. The molecule has 0 bridgehead atoms. The zero-order chi connectivity index (χ0) is 36.6. The Bertz CT molecular complexity index is 1630. The van der Waals surface area contributed by atoms with Gasteiger partial charge in [-0.05, 0) is 17.0 Å². The van der Waals surface area contributed by atoms with Gasteiger partial charge in [0.2, 0.25) is 17.7 Å². The quantitative estimate of drug-likeness (QED) is 0.123. The monoisotopic (exact) mass is 700 g/mol. The number of carbonyl (C=O) groups excluding carboxylic acids is 4. The largest absolute Gasteiger partial charge is 0.481 e. The Balaban J connectivity index is 2.26. The number of carboxylic acids is 2. The van der Waals surface area contributed by atoms with Crippen molar-refractivity contribution in [3.05, 3.63) is 95.4 Å². The highest BCUT2D eigenvalue weighted by Gasteiger charge is 2.33. The molecule has 2 rings (SSSR count). The van der Waals surface area contributed by atoms with Crippen molar-refractivity contribution in [3.63, 3.8) is 0 Å². The SMILES string of the molecule is CC(C)C(NC(=O)[C@@H](NC(=O)[C@H](CC(=O)O)NC(=O)OCc1ccccc1)c1ccccc1)C(=O)N[C@H](/C=C/C=C/S(C)(=O)=O)CC(=O)O. The van der Waals surface area contributed by atoms with Gasteiger partial charge in [0.25, 0.3) is 0 Å². The zero-order valence-corrected chi connectivity index (χ0v) is 27.9. The van der Waals surface area contributed by atoms with Crippen molar-refractivity contribution in [1.82, 2.24) is 21.3 Å². The van der Waals surface area contributed by atoms with Crippen LogP contribution in [0, 0.1) is 5.92 Å². The van der Waals surface area contributed by atoms with Crippen LogP contribution in [0.2, 0.25) is 0 Å². The fourth-order valence-electron chi connectivity index (χ4n) is 4.27. The van der Waals surface area contributed by atoms with Gasteiger partial charge in [0.15, 0.2) is 9.84 Å². The van der Waals surface area contributed by atoms with Gasteiger partial charge in [-0.1, -0.05) is 92.7 Å². The molecule has 6 N–H and O–H groups in total. The molecule has 0 saturated heterocycles. The molecule has 1 unspecified atom stereocenters. The normalized spacial score (nSPS) is 14.0. The molecule has 49 heavy (non-hydrogen) atoms. The third-order valence-corrected chi connectivity index (χ3v) is 7.28. The maximum Gasteiger partial charge on any atom is 0.408 e. The first kappa shape index (κ1) is 39.7. The third kappa shape index (κ3) is 15.3. The lowest BCUT2D eigenvalue weighted by Gasteiger charge is -2.27. The summed E-state index contributed by atoms with van der Waals surface area (Å²) in [4.78, 5) is 75.8. The molecule has 15 nitrogen and oxygen atoms in total. The van der Waals surface area contributed by atoms with E-state index in [2.05, 4.69) is 21.3 Å². The van der Waals surface area contributed by atoms with Gasteiger partial charge >= 0.3 is 18.0 Å². The predicted molar refractivity (Wildman–Crippen MR) is 177 cm³/mol. The fraction of sp³-hybridized carbons (Fsp3) is 0.333. The Labute approximate surface area is 283 Å². The minimum Gasteiger partial charge on any atom is -0.481 e. The summed E-state index contributed by atoms with van der Waals surface area (Å²) in [7, 11) is -3.45. The van der Waals surface area contributed by atoms with Crippen LogP contribution in [-0.2, 0) is 45.2 Å². The highest BCUT2D eigenvalue weighted by molar-refractivity contribution is 7.93. The molecule has 264 valence electrons. The van der Waals surface area contributed by atoms with Crippen molar-refractivity contribution in [2.24, 2.45) is 5.92 Å². The molecular formula is C33H40N4O11S. The first-order valence-electron chi connectivity index (χ1n) is 15.0. The average molecular weight is 701 g/mol. The lowest BCUT2D eigenvalue weighted by molar-refractivity contribution is -0.140. The van der Waals surface area contributed by atoms with Crippen molar-refractivity contribution >= 4 is 45.6 Å². The van der Waals surface area contributed by atoms with Gasteiger partial charge in [-0.3, -0.25) is 24.0 Å². The average Bonchev–Trinajstić information content (AvgIpc) is 3.02. The summed E-state index contributed by atoms with van der Waals surface area (Å²) in [5.41, 5.74) is 0.914. The number of alkyl carbamates (subject to hydrolysis) is 1. The molecule has 0 saturated carbocycles. The summed E-state index contributed by atoms with van der Waals surface area (Å²) in [6, 6.07) is 11.0. The summed E-state index contributed by atoms with van der Waals surface area (Å²) >= 11 is 0. The third-order valence-electron chi connectivity index (χ3n) is 6.63. The Morgan fingerprint density at radius 2 is 1.35 bits per heavy atom. The Morgan fingerprint density at radius 3 is 1.90 bits per heavy atom. The minimum atomic E-state index is -3.45. The van der Waals surface area contributed by atoms with Gasteiger partial charge < -0.3 is 36.2 Å². The molecule has 16 heteroatoms. The van der Waals surface area contributed by atoms with Crippen LogP contribution in [0.3, 0.4) is 0 Å². The summed E-state index contributed by atoms with van der Waals surface area (Å²) in [6.07, 6.45) is 2.21. The number of ether oxygens (including phenoxy) is 1. The van der Waals surface area contributed by atoms with E-state index >= 15 is 0 Å². The van der Waals surface area contributed by atoms with Crippen molar-refractivity contribution in [3.8, 4) is 0 Å². The van der Waals surface area contributed by atoms with E-state index in [-0.39, 0.29) is 12.2 Å². The number of amides is 4. The van der Waals surface area contributed by atoms with E-state index < -0.39 is 88.5 Å². The zero-order valence-electron chi connectivity index (χ0n) is 27.1. The van der Waals surface area contributed by atoms with Crippen LogP contribution in [0.25, 0.3) is 0 Å². The Kier molecular flexibility index (Phi) is 15.7. The Hall–Kier alpha value is -5.51. The van der Waals surface area contributed by atoms with E-state index in [1.807, 2.05) is 0 Å². The van der Waals surface area contributed by atoms with Gasteiger partial charge in [-0.15, -0.1) is 0 Å². The molecule has 0 heterocycles. The maximum atomic E-state index is 13.7. The summed E-state index contributed by atoms with van der Waals surface area (Å²) < 4.78 is 27.8. The lowest BCUT2D eigenvalue weighted by atomic mass is 10.00. The van der Waals surface area contributed by atoms with Gasteiger partial charge in [-0.2, -0.15) is 0 Å². The second-order valence-corrected chi connectivity index (χ2v) is 13.1. The lowest BCUT2D eigenvalue weighted by Crippen LogP contribution is -2.56. The number of carbonyl (C=O) groups is 6. The predicted octanol–water partition coefficient (Wildman–Crippen LogP) is 1.83. The van der Waals surface area contributed by atoms with Crippen LogP contribution in [0.1, 0.15) is 43.9 Å². The second kappa shape index (κ2) is 19.3. The van der Waals surface area contributed by atoms with Crippen molar-refractivity contribution in [1.29, 1.82) is 0 Å². The maximum absolute atomic E-state index is 13.7. The number of carboxylic acid groups (broad SMARTS) is 2. The second-order valence-electron chi connectivity index (χ2n) is 11.2. The van der Waals surface area contributed by atoms with E-state index in [9.17, 15) is 47.4 Å². The fourth-order valence-corrected chi connectivity index (χ4v) is 4.64. The molecule has 2 aromatic rings. The first-order valence-corrected chi connectivity index (χ1v) is 16.9. The first-order chi connectivity index (χ1) is 23.1. The number of hydrogen-bond acceptors (Lipinski definition) is 9. The highest BCUT2D eigenvalue weighted by Crippen LogP contribution is 2.16. The van der Waals surface area contributed by atoms with Crippen LogP contribution in [0.4, 0.5) is 4.79 Å². The molecule has 0 fully saturated rings. The number of nitrogens with one attached hydrogen (secondary N) is 4. The molecule has 2 aromatic carbocycles. The molecular weight excluding hydrogens is 660 g/mol.